The SMILES string of the molecule is CCC(CC)(c1ccc(OC[C@H]2CCCC(=O)O2)c(C)c1)c1ccc(B2OC(C)(C)C(C)(C)O2)c(C)c1. The fourth-order valence-electron chi connectivity index (χ4n) is 5.63. The van der Waals surface area contributed by atoms with Gasteiger partial charge in [0.25, 0.3) is 0 Å². The van der Waals surface area contributed by atoms with Gasteiger partial charge in [-0.05, 0) is 95.4 Å². The Morgan fingerprint density at radius 3 is 2.08 bits per heavy atom. The van der Waals surface area contributed by atoms with Gasteiger partial charge in [-0.1, -0.05) is 49.7 Å². The molecule has 5 nitrogen and oxygen atoms in total. The number of aryl methyl sites for hydroxylation is 2. The van der Waals surface area contributed by atoms with Gasteiger partial charge in [-0.3, -0.25) is 4.79 Å². The molecule has 2 aromatic carbocycles. The molecule has 0 aromatic heterocycles. The molecule has 2 saturated heterocycles. The van der Waals surface area contributed by atoms with E-state index in [1.54, 1.807) is 0 Å². The van der Waals surface area contributed by atoms with Crippen molar-refractivity contribution in [3.8, 4) is 5.75 Å². The smallest absolute Gasteiger partial charge is 0.489 e. The van der Waals surface area contributed by atoms with Gasteiger partial charge in [-0.2, -0.15) is 0 Å². The molecule has 0 saturated carbocycles. The first-order chi connectivity index (χ1) is 17.4. The predicted molar refractivity (Wildman–Crippen MR) is 149 cm³/mol. The molecular weight excluding hydrogens is 463 g/mol. The van der Waals surface area contributed by atoms with Crippen LogP contribution in [-0.2, 0) is 24.3 Å². The highest BCUT2D eigenvalue weighted by Gasteiger charge is 2.52. The molecule has 2 aliphatic rings. The number of hydrogen-bond acceptors (Lipinski definition) is 5. The summed E-state index contributed by atoms with van der Waals surface area (Å²) < 4.78 is 24.2. The number of cyclic esters (lactones) is 1. The van der Waals surface area contributed by atoms with Crippen LogP contribution in [-0.4, -0.2) is 37.0 Å². The van der Waals surface area contributed by atoms with E-state index in [4.69, 9.17) is 18.8 Å². The molecular formula is C31H43BO5. The summed E-state index contributed by atoms with van der Waals surface area (Å²) in [5.74, 6) is 0.723. The highest BCUT2D eigenvalue weighted by Crippen LogP contribution is 2.41. The second kappa shape index (κ2) is 10.5. The van der Waals surface area contributed by atoms with Crippen LogP contribution in [0.1, 0.15) is 95.9 Å². The molecule has 1 atom stereocenters. The van der Waals surface area contributed by atoms with Crippen LogP contribution in [0.15, 0.2) is 36.4 Å². The Labute approximate surface area is 223 Å². The van der Waals surface area contributed by atoms with Gasteiger partial charge in [0, 0.05) is 11.8 Å². The lowest BCUT2D eigenvalue weighted by Crippen LogP contribution is -2.41. The number of esters is 1. The maximum Gasteiger partial charge on any atom is 0.495 e. The molecule has 37 heavy (non-hydrogen) atoms. The van der Waals surface area contributed by atoms with E-state index in [9.17, 15) is 4.79 Å². The van der Waals surface area contributed by atoms with Gasteiger partial charge < -0.3 is 18.8 Å². The largest absolute Gasteiger partial charge is 0.495 e. The quantitative estimate of drug-likeness (QED) is 0.316. The molecule has 6 heteroatoms. The Morgan fingerprint density at radius 1 is 0.946 bits per heavy atom. The zero-order chi connectivity index (χ0) is 27.0. The van der Waals surface area contributed by atoms with Crippen LogP contribution in [0.5, 0.6) is 5.75 Å². The molecule has 0 amide bonds. The molecule has 0 aliphatic carbocycles. The maximum absolute atomic E-state index is 11.6. The molecule has 2 aliphatic heterocycles. The highest BCUT2D eigenvalue weighted by atomic mass is 16.7. The van der Waals surface area contributed by atoms with Crippen LogP contribution in [0.2, 0.25) is 0 Å². The number of ether oxygens (including phenoxy) is 2. The van der Waals surface area contributed by atoms with Gasteiger partial charge in [0.2, 0.25) is 0 Å². The minimum absolute atomic E-state index is 0.110. The van der Waals surface area contributed by atoms with E-state index in [1.165, 1.54) is 16.7 Å². The Bertz CT molecular complexity index is 1120. The van der Waals surface area contributed by atoms with Gasteiger partial charge in [0.15, 0.2) is 0 Å². The van der Waals surface area contributed by atoms with E-state index in [0.717, 1.165) is 42.5 Å². The molecule has 0 unspecified atom stereocenters. The average molecular weight is 506 g/mol. The fraction of sp³-hybridized carbons (Fsp3) is 0.581. The molecule has 0 bridgehead atoms. The third-order valence-electron chi connectivity index (χ3n) is 8.89. The van der Waals surface area contributed by atoms with Crippen molar-refractivity contribution < 1.29 is 23.6 Å². The maximum atomic E-state index is 11.6. The summed E-state index contributed by atoms with van der Waals surface area (Å²) in [6.45, 7) is 17.5. The third-order valence-corrected chi connectivity index (χ3v) is 8.89. The van der Waals surface area contributed by atoms with E-state index < -0.39 is 0 Å². The van der Waals surface area contributed by atoms with Crippen LogP contribution in [0, 0.1) is 13.8 Å². The van der Waals surface area contributed by atoms with Crippen LogP contribution < -0.4 is 10.2 Å². The van der Waals surface area contributed by atoms with E-state index in [1.807, 2.05) is 0 Å². The Morgan fingerprint density at radius 2 is 1.54 bits per heavy atom. The van der Waals surface area contributed by atoms with Crippen LogP contribution >= 0.6 is 0 Å². The molecule has 0 N–H and O–H groups in total. The third kappa shape index (κ3) is 5.33. The minimum atomic E-state index is -0.362. The average Bonchev–Trinajstić information content (AvgIpc) is 3.06. The molecule has 2 fully saturated rings. The van der Waals surface area contributed by atoms with Crippen molar-refractivity contribution in [1.29, 1.82) is 0 Å². The highest BCUT2D eigenvalue weighted by molar-refractivity contribution is 6.62. The van der Waals surface area contributed by atoms with E-state index in [-0.39, 0.29) is 35.8 Å². The molecule has 0 radical (unpaired) electrons. The second-order valence-corrected chi connectivity index (χ2v) is 11.7. The lowest BCUT2D eigenvalue weighted by atomic mass is 9.68. The van der Waals surface area contributed by atoms with Gasteiger partial charge in [-0.25, -0.2) is 0 Å². The van der Waals surface area contributed by atoms with E-state index >= 15 is 0 Å². The summed E-state index contributed by atoms with van der Waals surface area (Å²) in [7, 11) is -0.362. The molecule has 0 spiro atoms. The van der Waals surface area contributed by atoms with Crippen LogP contribution in [0.3, 0.4) is 0 Å². The normalized spacial score (nSPS) is 21.1. The van der Waals surface area contributed by atoms with Gasteiger partial charge in [0.1, 0.15) is 18.5 Å². The number of rotatable bonds is 8. The summed E-state index contributed by atoms with van der Waals surface area (Å²) in [5, 5.41) is 0. The lowest BCUT2D eigenvalue weighted by molar-refractivity contribution is -0.155. The Balaban J connectivity index is 1.57. The van der Waals surface area contributed by atoms with Crippen molar-refractivity contribution in [3.63, 3.8) is 0 Å². The standard InChI is InChI=1S/C31H43BO5/c1-9-31(10-2,23-14-16-26(21(3)18-23)32-36-29(5,6)30(7,8)37-32)24-15-17-27(22(4)19-24)34-20-25-12-11-13-28(33)35-25/h14-19,25H,9-13,20H2,1-8H3/t25-/m1/s1. The molecule has 2 aromatic rings. The van der Waals surface area contributed by atoms with Gasteiger partial charge >= 0.3 is 13.1 Å². The van der Waals surface area contributed by atoms with Crippen LogP contribution in [0.4, 0.5) is 0 Å². The van der Waals surface area contributed by atoms with Crippen molar-refractivity contribution in [2.75, 3.05) is 6.61 Å². The zero-order valence-corrected chi connectivity index (χ0v) is 23.9. The number of carbonyl (C=O) groups excluding carboxylic acids is 1. The first-order valence-corrected chi connectivity index (χ1v) is 13.8. The molecule has 200 valence electrons. The van der Waals surface area contributed by atoms with Gasteiger partial charge in [-0.15, -0.1) is 0 Å². The van der Waals surface area contributed by atoms with Crippen molar-refractivity contribution in [1.82, 2.24) is 0 Å². The summed E-state index contributed by atoms with van der Waals surface area (Å²) in [6.07, 6.45) is 4.05. The van der Waals surface area contributed by atoms with E-state index in [2.05, 4.69) is 91.8 Å². The van der Waals surface area contributed by atoms with E-state index in [0.29, 0.717) is 13.0 Å². The number of hydrogen-bond donors (Lipinski definition) is 0. The van der Waals surface area contributed by atoms with Crippen molar-refractivity contribution >= 4 is 18.6 Å². The Kier molecular flexibility index (Phi) is 7.83. The predicted octanol–water partition coefficient (Wildman–Crippen LogP) is 6.18. The number of carbonyl (C=O) groups is 1. The van der Waals surface area contributed by atoms with Crippen molar-refractivity contribution in [2.24, 2.45) is 0 Å². The van der Waals surface area contributed by atoms with Gasteiger partial charge in [0.05, 0.1) is 11.2 Å². The minimum Gasteiger partial charge on any atom is -0.489 e. The zero-order valence-electron chi connectivity index (χ0n) is 23.9. The monoisotopic (exact) mass is 506 g/mol. The second-order valence-electron chi connectivity index (χ2n) is 11.7. The number of benzene rings is 2. The Hall–Kier alpha value is -2.31. The lowest BCUT2D eigenvalue weighted by Gasteiger charge is -2.34. The topological polar surface area (TPSA) is 54.0 Å². The molecule has 4 rings (SSSR count). The van der Waals surface area contributed by atoms with Crippen molar-refractivity contribution in [3.05, 3.63) is 58.7 Å². The summed E-state index contributed by atoms with van der Waals surface area (Å²) in [4.78, 5) is 11.6. The summed E-state index contributed by atoms with van der Waals surface area (Å²) in [6, 6.07) is 13.3. The fourth-order valence-corrected chi connectivity index (χ4v) is 5.63. The summed E-state index contributed by atoms with van der Waals surface area (Å²) >= 11 is 0. The van der Waals surface area contributed by atoms with Crippen molar-refractivity contribution in [2.45, 2.75) is 110 Å². The summed E-state index contributed by atoms with van der Waals surface area (Å²) in [5.41, 5.74) is 5.12. The van der Waals surface area contributed by atoms with Crippen LogP contribution in [0.25, 0.3) is 0 Å². The first-order valence-electron chi connectivity index (χ1n) is 13.8. The first kappa shape index (κ1) is 27.7. The molecule has 2 heterocycles.